The van der Waals surface area contributed by atoms with Gasteiger partial charge in [0.25, 0.3) is 5.56 Å². The minimum Gasteiger partial charge on any atom is -0.309 e. The molecule has 0 atom stereocenters. The first-order valence-corrected chi connectivity index (χ1v) is 14.0. The number of hydrogen-bond donors (Lipinski definition) is 0. The first kappa shape index (κ1) is 24.1. The Morgan fingerprint density at radius 1 is 0.429 bits per heavy atom. The summed E-state index contributed by atoms with van der Waals surface area (Å²) in [6.07, 6.45) is 0. The second-order valence-electron chi connectivity index (χ2n) is 10.4. The Morgan fingerprint density at radius 2 is 0.976 bits per heavy atom. The summed E-state index contributed by atoms with van der Waals surface area (Å²) in [7, 11) is 0. The van der Waals surface area contributed by atoms with Crippen molar-refractivity contribution in [1.82, 2.24) is 14.1 Å². The number of benzene rings is 6. The normalized spacial score (nSPS) is 11.4. The zero-order chi connectivity index (χ0) is 28.0. The molecule has 42 heavy (non-hydrogen) atoms. The molecule has 0 aliphatic heterocycles. The monoisotopic (exact) mass is 539 g/mol. The van der Waals surface area contributed by atoms with Crippen molar-refractivity contribution in [3.8, 4) is 33.9 Å². The Hall–Kier alpha value is -5.74. The molecule has 4 nitrogen and oxygen atoms in total. The molecule has 0 amide bonds. The summed E-state index contributed by atoms with van der Waals surface area (Å²) in [6.45, 7) is 0. The van der Waals surface area contributed by atoms with Crippen molar-refractivity contribution in [1.29, 1.82) is 0 Å². The van der Waals surface area contributed by atoms with Crippen molar-refractivity contribution >= 4 is 32.7 Å². The van der Waals surface area contributed by atoms with E-state index >= 15 is 0 Å². The van der Waals surface area contributed by atoms with Gasteiger partial charge in [-0.25, -0.2) is 4.98 Å². The highest BCUT2D eigenvalue weighted by Gasteiger charge is 2.16. The third kappa shape index (κ3) is 3.85. The molecule has 8 rings (SSSR count). The highest BCUT2D eigenvalue weighted by molar-refractivity contribution is 6.10. The van der Waals surface area contributed by atoms with Crippen LogP contribution in [0.25, 0.3) is 66.6 Å². The molecule has 0 aliphatic carbocycles. The topological polar surface area (TPSA) is 39.8 Å². The molecular formula is C38H25N3O. The Morgan fingerprint density at radius 3 is 1.71 bits per heavy atom. The van der Waals surface area contributed by atoms with E-state index < -0.39 is 0 Å². The van der Waals surface area contributed by atoms with Gasteiger partial charge in [0.15, 0.2) is 0 Å². The molecular weight excluding hydrogens is 514 g/mol. The predicted molar refractivity (Wildman–Crippen MR) is 173 cm³/mol. The quantitative estimate of drug-likeness (QED) is 0.224. The third-order valence-corrected chi connectivity index (χ3v) is 7.95. The zero-order valence-corrected chi connectivity index (χ0v) is 22.7. The number of hydrogen-bond acceptors (Lipinski definition) is 2. The van der Waals surface area contributed by atoms with Crippen LogP contribution >= 0.6 is 0 Å². The van der Waals surface area contributed by atoms with Gasteiger partial charge in [0, 0.05) is 22.0 Å². The van der Waals surface area contributed by atoms with E-state index in [1.54, 1.807) is 4.57 Å². The lowest BCUT2D eigenvalue weighted by Gasteiger charge is -2.14. The van der Waals surface area contributed by atoms with E-state index in [1.165, 1.54) is 21.8 Å². The number of para-hydroxylation sites is 4. The van der Waals surface area contributed by atoms with Crippen molar-refractivity contribution in [3.63, 3.8) is 0 Å². The molecule has 0 aliphatic rings. The van der Waals surface area contributed by atoms with Crippen LogP contribution in [0.1, 0.15) is 0 Å². The molecule has 0 spiro atoms. The van der Waals surface area contributed by atoms with E-state index in [9.17, 15) is 4.79 Å². The molecule has 198 valence electrons. The summed E-state index contributed by atoms with van der Waals surface area (Å²) in [5.41, 5.74) is 8.03. The number of nitrogens with zero attached hydrogens (tertiary/aromatic N) is 3. The number of fused-ring (bicyclic) bond motifs is 4. The maximum atomic E-state index is 13.7. The van der Waals surface area contributed by atoms with Crippen LogP contribution in [0.15, 0.2) is 156 Å². The molecule has 0 saturated carbocycles. The molecule has 0 unspecified atom stereocenters. The molecule has 6 aromatic carbocycles. The van der Waals surface area contributed by atoms with Crippen molar-refractivity contribution < 1.29 is 0 Å². The zero-order valence-electron chi connectivity index (χ0n) is 22.7. The Bertz CT molecular complexity index is 2300. The molecule has 4 heteroatoms. The van der Waals surface area contributed by atoms with Gasteiger partial charge < -0.3 is 4.57 Å². The lowest BCUT2D eigenvalue weighted by atomic mass is 10.0. The summed E-state index contributed by atoms with van der Waals surface area (Å²) in [5.74, 6) is 0.623. The van der Waals surface area contributed by atoms with Gasteiger partial charge in [0.05, 0.1) is 27.6 Å². The second kappa shape index (κ2) is 9.72. The summed E-state index contributed by atoms with van der Waals surface area (Å²) >= 11 is 0. The van der Waals surface area contributed by atoms with E-state index in [1.807, 2.05) is 60.7 Å². The molecule has 8 aromatic rings. The van der Waals surface area contributed by atoms with E-state index in [2.05, 4.69) is 95.6 Å². The Balaban J connectivity index is 1.26. The van der Waals surface area contributed by atoms with Crippen LogP contribution in [-0.2, 0) is 0 Å². The Labute approximate surface area is 242 Å². The summed E-state index contributed by atoms with van der Waals surface area (Å²) < 4.78 is 4.04. The standard InChI is InChI=1S/C38H25N3O/c42-38-32-16-7-9-17-34(32)39-37(41(38)30-13-5-2-6-14-30)27-21-19-26(20-22-27)28-23-24-36-33(25-28)31-15-8-10-18-35(31)40(36)29-11-3-1-4-12-29/h1-25H. The fourth-order valence-electron chi connectivity index (χ4n) is 5.96. The maximum Gasteiger partial charge on any atom is 0.266 e. The van der Waals surface area contributed by atoms with Gasteiger partial charge in [-0.2, -0.15) is 0 Å². The van der Waals surface area contributed by atoms with Gasteiger partial charge in [-0.1, -0.05) is 97.1 Å². The SMILES string of the molecule is O=c1c2ccccc2nc(-c2ccc(-c3ccc4c(c3)c3ccccc3n4-c3ccccc3)cc2)n1-c1ccccc1. The minimum absolute atomic E-state index is 0.0777. The van der Waals surface area contributed by atoms with Crippen molar-refractivity contribution in [3.05, 3.63) is 162 Å². The Kier molecular flexibility index (Phi) is 5.57. The van der Waals surface area contributed by atoms with Crippen LogP contribution in [0.5, 0.6) is 0 Å². The summed E-state index contributed by atoms with van der Waals surface area (Å²) in [4.78, 5) is 18.6. The predicted octanol–water partition coefficient (Wildman–Crippen LogP) is 8.82. The highest BCUT2D eigenvalue weighted by Crippen LogP contribution is 2.35. The van der Waals surface area contributed by atoms with Gasteiger partial charge in [0.1, 0.15) is 5.82 Å². The third-order valence-electron chi connectivity index (χ3n) is 7.95. The van der Waals surface area contributed by atoms with Gasteiger partial charge in [-0.05, 0) is 65.7 Å². The molecule has 0 N–H and O–H groups in total. The van der Waals surface area contributed by atoms with Gasteiger partial charge in [-0.3, -0.25) is 9.36 Å². The molecule has 0 radical (unpaired) electrons. The van der Waals surface area contributed by atoms with Crippen molar-refractivity contribution in [2.75, 3.05) is 0 Å². The average molecular weight is 540 g/mol. The van der Waals surface area contributed by atoms with Gasteiger partial charge in [0.2, 0.25) is 0 Å². The minimum atomic E-state index is -0.0777. The molecule has 2 aromatic heterocycles. The fourth-order valence-corrected chi connectivity index (χ4v) is 5.96. The maximum absolute atomic E-state index is 13.7. The summed E-state index contributed by atoms with van der Waals surface area (Å²) in [5, 5.41) is 3.04. The van der Waals surface area contributed by atoms with Crippen LogP contribution in [0.2, 0.25) is 0 Å². The number of aromatic nitrogens is 3. The lowest BCUT2D eigenvalue weighted by Crippen LogP contribution is -2.21. The van der Waals surface area contributed by atoms with E-state index in [4.69, 9.17) is 4.98 Å². The van der Waals surface area contributed by atoms with Crippen LogP contribution in [0, 0.1) is 0 Å². The van der Waals surface area contributed by atoms with Crippen molar-refractivity contribution in [2.45, 2.75) is 0 Å². The molecule has 0 saturated heterocycles. The van der Waals surface area contributed by atoms with E-state index in [-0.39, 0.29) is 5.56 Å². The first-order valence-electron chi connectivity index (χ1n) is 14.0. The number of rotatable bonds is 4. The lowest BCUT2D eigenvalue weighted by molar-refractivity contribution is 0.976. The van der Waals surface area contributed by atoms with Crippen LogP contribution in [0.3, 0.4) is 0 Å². The van der Waals surface area contributed by atoms with Gasteiger partial charge in [-0.15, -0.1) is 0 Å². The summed E-state index contributed by atoms with van der Waals surface area (Å²) in [6, 6.07) is 51.3. The highest BCUT2D eigenvalue weighted by atomic mass is 16.1. The van der Waals surface area contributed by atoms with Crippen molar-refractivity contribution in [2.24, 2.45) is 0 Å². The molecule has 2 heterocycles. The fraction of sp³-hybridized carbons (Fsp3) is 0. The smallest absolute Gasteiger partial charge is 0.266 e. The van der Waals surface area contributed by atoms with Crippen LogP contribution < -0.4 is 5.56 Å². The second-order valence-corrected chi connectivity index (χ2v) is 10.4. The van der Waals surface area contributed by atoms with E-state index in [0.29, 0.717) is 16.7 Å². The largest absolute Gasteiger partial charge is 0.309 e. The molecule has 0 fully saturated rings. The van der Waals surface area contributed by atoms with E-state index in [0.717, 1.165) is 28.1 Å². The molecule has 0 bridgehead atoms. The van der Waals surface area contributed by atoms with Gasteiger partial charge >= 0.3 is 0 Å². The average Bonchev–Trinajstić information content (AvgIpc) is 3.39. The van der Waals surface area contributed by atoms with Crippen LogP contribution in [-0.4, -0.2) is 14.1 Å². The van der Waals surface area contributed by atoms with Crippen LogP contribution in [0.4, 0.5) is 0 Å². The first-order chi connectivity index (χ1) is 20.8.